The van der Waals surface area contributed by atoms with Crippen molar-refractivity contribution in [3.8, 4) is 0 Å². The Labute approximate surface area is 112 Å². The first kappa shape index (κ1) is 15.2. The van der Waals surface area contributed by atoms with Crippen molar-refractivity contribution in [2.24, 2.45) is 11.1 Å². The predicted molar refractivity (Wildman–Crippen MR) is 69.6 cm³/mol. The van der Waals surface area contributed by atoms with Crippen molar-refractivity contribution in [1.29, 1.82) is 0 Å². The third-order valence-electron chi connectivity index (χ3n) is 2.85. The molecule has 0 aromatic carbocycles. The number of aromatic carboxylic acids is 1. The number of hydrogen-bond acceptors (Lipinski definition) is 4. The number of carbonyl (C=O) groups excluding carboxylic acids is 1. The fourth-order valence-electron chi connectivity index (χ4n) is 1.35. The lowest BCUT2D eigenvalue weighted by Gasteiger charge is -2.26. The van der Waals surface area contributed by atoms with Crippen molar-refractivity contribution < 1.29 is 19.1 Å². The Hall–Kier alpha value is -1.82. The first-order valence-corrected chi connectivity index (χ1v) is 6.04. The lowest BCUT2D eigenvalue weighted by molar-refractivity contribution is -0.122. The Kier molecular flexibility index (Phi) is 4.72. The third kappa shape index (κ3) is 4.75. The highest BCUT2D eigenvalue weighted by molar-refractivity contribution is 5.84. The van der Waals surface area contributed by atoms with E-state index in [0.717, 1.165) is 0 Å². The molecule has 1 aromatic rings. The predicted octanol–water partition coefficient (Wildman–Crippen LogP) is 1.36. The molecule has 4 N–H and O–H groups in total. The van der Waals surface area contributed by atoms with Gasteiger partial charge < -0.3 is 20.6 Å². The van der Waals surface area contributed by atoms with Gasteiger partial charge in [0, 0.05) is 12.5 Å². The van der Waals surface area contributed by atoms with E-state index in [1.54, 1.807) is 0 Å². The molecule has 1 aromatic heterocycles. The van der Waals surface area contributed by atoms with Gasteiger partial charge in [-0.3, -0.25) is 4.79 Å². The second-order valence-electron chi connectivity index (χ2n) is 5.52. The number of hydrogen-bond donors (Lipinski definition) is 3. The van der Waals surface area contributed by atoms with E-state index < -0.39 is 5.97 Å². The second kappa shape index (κ2) is 5.88. The van der Waals surface area contributed by atoms with Crippen LogP contribution in [0.3, 0.4) is 0 Å². The van der Waals surface area contributed by atoms with Gasteiger partial charge in [0.15, 0.2) is 0 Å². The van der Waals surface area contributed by atoms with Gasteiger partial charge in [-0.1, -0.05) is 20.8 Å². The van der Waals surface area contributed by atoms with E-state index in [1.165, 1.54) is 12.1 Å². The summed E-state index contributed by atoms with van der Waals surface area (Å²) in [5.41, 5.74) is 5.76. The quantitative estimate of drug-likeness (QED) is 0.747. The maximum absolute atomic E-state index is 11.7. The molecular formula is C13H20N2O4. The zero-order valence-corrected chi connectivity index (χ0v) is 11.4. The minimum Gasteiger partial charge on any atom is -0.475 e. The summed E-state index contributed by atoms with van der Waals surface area (Å²) in [7, 11) is 0. The number of carboxylic acids is 1. The molecule has 1 unspecified atom stereocenters. The Morgan fingerprint density at radius 3 is 2.53 bits per heavy atom. The maximum Gasteiger partial charge on any atom is 0.371 e. The van der Waals surface area contributed by atoms with Crippen molar-refractivity contribution in [2.75, 3.05) is 0 Å². The molecule has 0 spiro atoms. The minimum atomic E-state index is -1.13. The SMILES string of the molecule is CC(C)(C)C(N)CC(=O)NCc1ccc(C(=O)O)o1. The van der Waals surface area contributed by atoms with Crippen LogP contribution in [0.4, 0.5) is 0 Å². The van der Waals surface area contributed by atoms with Crippen LogP contribution in [0.2, 0.25) is 0 Å². The van der Waals surface area contributed by atoms with E-state index >= 15 is 0 Å². The van der Waals surface area contributed by atoms with Gasteiger partial charge in [0.05, 0.1) is 6.54 Å². The number of amides is 1. The molecule has 0 aliphatic heterocycles. The molecule has 0 saturated heterocycles. The van der Waals surface area contributed by atoms with Gasteiger partial charge in [-0.15, -0.1) is 0 Å². The summed E-state index contributed by atoms with van der Waals surface area (Å²) in [6, 6.07) is 2.64. The molecule has 0 aliphatic carbocycles. The van der Waals surface area contributed by atoms with E-state index in [2.05, 4.69) is 5.32 Å². The van der Waals surface area contributed by atoms with Crippen LogP contribution in [0, 0.1) is 5.41 Å². The smallest absolute Gasteiger partial charge is 0.371 e. The lowest BCUT2D eigenvalue weighted by Crippen LogP contribution is -2.39. The molecule has 0 saturated carbocycles. The molecule has 1 heterocycles. The van der Waals surface area contributed by atoms with Crippen molar-refractivity contribution >= 4 is 11.9 Å². The molecule has 1 rings (SSSR count). The maximum atomic E-state index is 11.7. The normalized spacial score (nSPS) is 13.1. The summed E-state index contributed by atoms with van der Waals surface area (Å²) in [5, 5.41) is 11.3. The van der Waals surface area contributed by atoms with Gasteiger partial charge in [-0.25, -0.2) is 4.79 Å². The summed E-state index contributed by atoms with van der Waals surface area (Å²) in [4.78, 5) is 22.3. The molecule has 6 nitrogen and oxygen atoms in total. The molecule has 6 heteroatoms. The van der Waals surface area contributed by atoms with Crippen LogP contribution >= 0.6 is 0 Å². The summed E-state index contributed by atoms with van der Waals surface area (Å²) >= 11 is 0. The monoisotopic (exact) mass is 268 g/mol. The Balaban J connectivity index is 2.44. The van der Waals surface area contributed by atoms with E-state index in [9.17, 15) is 9.59 Å². The van der Waals surface area contributed by atoms with Gasteiger partial charge in [0.25, 0.3) is 0 Å². The third-order valence-corrected chi connectivity index (χ3v) is 2.85. The average Bonchev–Trinajstić information content (AvgIpc) is 2.73. The standard InChI is InChI=1S/C13H20N2O4/c1-13(2,3)10(14)6-11(16)15-7-8-4-5-9(19-8)12(17)18/h4-5,10H,6-7,14H2,1-3H3,(H,15,16)(H,17,18). The van der Waals surface area contributed by atoms with Crippen LogP contribution < -0.4 is 11.1 Å². The van der Waals surface area contributed by atoms with Gasteiger partial charge in [0.2, 0.25) is 11.7 Å². The number of carboxylic acid groups (broad SMARTS) is 1. The first-order valence-electron chi connectivity index (χ1n) is 6.04. The van der Waals surface area contributed by atoms with E-state index in [4.69, 9.17) is 15.3 Å². The number of furan rings is 1. The highest BCUT2D eigenvalue weighted by atomic mass is 16.4. The van der Waals surface area contributed by atoms with Gasteiger partial charge >= 0.3 is 5.97 Å². The molecular weight excluding hydrogens is 248 g/mol. The Morgan fingerprint density at radius 2 is 2.05 bits per heavy atom. The van der Waals surface area contributed by atoms with Crippen LogP contribution in [0.1, 0.15) is 43.5 Å². The number of rotatable bonds is 5. The van der Waals surface area contributed by atoms with E-state index in [1.807, 2.05) is 20.8 Å². The van der Waals surface area contributed by atoms with Gasteiger partial charge in [-0.05, 0) is 17.5 Å². The van der Waals surface area contributed by atoms with E-state index in [0.29, 0.717) is 5.76 Å². The lowest BCUT2D eigenvalue weighted by atomic mass is 9.85. The Bertz CT molecular complexity index is 459. The van der Waals surface area contributed by atoms with Crippen molar-refractivity contribution in [3.63, 3.8) is 0 Å². The summed E-state index contributed by atoms with van der Waals surface area (Å²) in [6.45, 7) is 6.06. The van der Waals surface area contributed by atoms with Crippen molar-refractivity contribution in [3.05, 3.63) is 23.7 Å². The molecule has 0 fully saturated rings. The minimum absolute atomic E-state index is 0.140. The fraction of sp³-hybridized carbons (Fsp3) is 0.538. The summed E-state index contributed by atoms with van der Waals surface area (Å²) in [6.07, 6.45) is 0.218. The molecule has 19 heavy (non-hydrogen) atoms. The molecule has 0 aliphatic rings. The van der Waals surface area contributed by atoms with Crippen LogP contribution in [0.25, 0.3) is 0 Å². The van der Waals surface area contributed by atoms with Crippen LogP contribution in [-0.4, -0.2) is 23.0 Å². The fourth-order valence-corrected chi connectivity index (χ4v) is 1.35. The molecule has 0 bridgehead atoms. The molecule has 0 radical (unpaired) electrons. The van der Waals surface area contributed by atoms with E-state index in [-0.39, 0.29) is 36.1 Å². The highest BCUT2D eigenvalue weighted by Gasteiger charge is 2.23. The Morgan fingerprint density at radius 1 is 1.42 bits per heavy atom. The molecule has 1 amide bonds. The van der Waals surface area contributed by atoms with Gasteiger partial charge in [0.1, 0.15) is 5.76 Å². The van der Waals surface area contributed by atoms with Crippen LogP contribution in [-0.2, 0) is 11.3 Å². The van der Waals surface area contributed by atoms with Crippen molar-refractivity contribution in [2.45, 2.75) is 39.8 Å². The van der Waals surface area contributed by atoms with Crippen LogP contribution in [0.15, 0.2) is 16.5 Å². The number of nitrogens with two attached hydrogens (primary N) is 1. The summed E-state index contributed by atoms with van der Waals surface area (Å²) < 4.78 is 5.02. The summed E-state index contributed by atoms with van der Waals surface area (Å²) in [5.74, 6) is -1.06. The average molecular weight is 268 g/mol. The molecule has 106 valence electrons. The zero-order chi connectivity index (χ0) is 14.6. The van der Waals surface area contributed by atoms with Crippen molar-refractivity contribution in [1.82, 2.24) is 5.32 Å². The second-order valence-corrected chi connectivity index (χ2v) is 5.52. The highest BCUT2D eigenvalue weighted by Crippen LogP contribution is 2.19. The molecule has 1 atom stereocenters. The topological polar surface area (TPSA) is 106 Å². The number of nitrogens with one attached hydrogen (secondary N) is 1. The number of carbonyl (C=O) groups is 2. The first-order chi connectivity index (χ1) is 8.70. The van der Waals surface area contributed by atoms with Gasteiger partial charge in [-0.2, -0.15) is 0 Å². The largest absolute Gasteiger partial charge is 0.475 e. The van der Waals surface area contributed by atoms with Crippen LogP contribution in [0.5, 0.6) is 0 Å². The zero-order valence-electron chi connectivity index (χ0n) is 11.4.